The van der Waals surface area contributed by atoms with Crippen LogP contribution in [-0.4, -0.2) is 44.8 Å². The third-order valence-electron chi connectivity index (χ3n) is 5.15. The molecule has 0 radical (unpaired) electrons. The predicted molar refractivity (Wildman–Crippen MR) is 127 cm³/mol. The molecule has 9 nitrogen and oxygen atoms in total. The van der Waals surface area contributed by atoms with Gasteiger partial charge in [0.2, 0.25) is 11.8 Å². The number of hydrogen-bond donors (Lipinski definition) is 2. The van der Waals surface area contributed by atoms with E-state index in [4.69, 9.17) is 16.3 Å². The molecule has 4 rings (SSSR count). The molecular weight excluding hydrogens is 518 g/mol. The van der Waals surface area contributed by atoms with E-state index in [1.54, 1.807) is 0 Å². The van der Waals surface area contributed by atoms with E-state index in [9.17, 15) is 22.4 Å². The lowest BCUT2D eigenvalue weighted by Crippen LogP contribution is -2.19. The molecule has 192 valence electrons. The summed E-state index contributed by atoms with van der Waals surface area (Å²) >= 11 is 5.83. The van der Waals surface area contributed by atoms with Crippen molar-refractivity contribution in [2.75, 3.05) is 19.5 Å². The molecule has 0 unspecified atom stereocenters. The average molecular weight is 536 g/mol. The van der Waals surface area contributed by atoms with E-state index in [1.165, 1.54) is 51.7 Å². The van der Waals surface area contributed by atoms with Crippen molar-refractivity contribution < 1.29 is 27.1 Å². The molecule has 1 amide bonds. The number of alkyl halides is 3. The summed E-state index contributed by atoms with van der Waals surface area (Å²) < 4.78 is 59.9. The summed E-state index contributed by atoms with van der Waals surface area (Å²) in [6.07, 6.45) is -1.99. The molecule has 3 aromatic heterocycles. The predicted octanol–water partition coefficient (Wildman–Crippen LogP) is 4.96. The number of ether oxygens (including phenoxy) is 1. The lowest BCUT2D eigenvalue weighted by Gasteiger charge is -2.14. The molecule has 0 bridgehead atoms. The van der Waals surface area contributed by atoms with Crippen molar-refractivity contribution in [3.8, 4) is 22.8 Å². The van der Waals surface area contributed by atoms with Crippen molar-refractivity contribution in [3.63, 3.8) is 0 Å². The van der Waals surface area contributed by atoms with Gasteiger partial charge in [-0.2, -0.15) is 23.3 Å². The van der Waals surface area contributed by atoms with Gasteiger partial charge in [0.05, 0.1) is 12.1 Å². The van der Waals surface area contributed by atoms with E-state index in [2.05, 4.69) is 30.7 Å². The van der Waals surface area contributed by atoms with Crippen LogP contribution in [0, 0.1) is 12.7 Å². The first-order valence-electron chi connectivity index (χ1n) is 10.5. The Morgan fingerprint density at radius 3 is 2.51 bits per heavy atom. The first-order valence-corrected chi connectivity index (χ1v) is 10.9. The SMILES string of the molecule is CNC(=O)c1cc(-c2cnc(Nc3ccc(F)c(Cl)c3)nc2-n2nc(C(F)(F)F)cc2C)cnc1OC. The molecule has 0 saturated heterocycles. The van der Waals surface area contributed by atoms with Crippen molar-refractivity contribution in [3.05, 3.63) is 70.5 Å². The lowest BCUT2D eigenvalue weighted by atomic mass is 10.1. The highest BCUT2D eigenvalue weighted by molar-refractivity contribution is 6.31. The minimum Gasteiger partial charge on any atom is -0.480 e. The Morgan fingerprint density at radius 1 is 1.14 bits per heavy atom. The highest BCUT2D eigenvalue weighted by atomic mass is 35.5. The van der Waals surface area contributed by atoms with Crippen LogP contribution in [0.1, 0.15) is 21.7 Å². The standard InChI is InChI=1S/C23H18ClF4N7O2/c1-11-6-18(23(26,27)28)34-35(11)19-15(12-7-14(20(36)29-2)21(37-3)30-9-12)10-31-22(33-19)32-13-4-5-17(25)16(24)8-13/h4-10H,1-3H3,(H,29,36)(H,31,32,33). The van der Waals surface area contributed by atoms with Gasteiger partial charge in [0.1, 0.15) is 11.4 Å². The molecule has 4 aromatic rings. The second kappa shape index (κ2) is 10.0. The van der Waals surface area contributed by atoms with Crippen molar-refractivity contribution in [2.45, 2.75) is 13.1 Å². The number of rotatable bonds is 6. The Labute approximate surface area is 212 Å². The van der Waals surface area contributed by atoms with E-state index < -0.39 is 23.6 Å². The lowest BCUT2D eigenvalue weighted by molar-refractivity contribution is -0.141. The highest BCUT2D eigenvalue weighted by Gasteiger charge is 2.35. The molecule has 0 aliphatic heterocycles. The number of carbonyl (C=O) groups is 1. The summed E-state index contributed by atoms with van der Waals surface area (Å²) in [5.74, 6) is -1.14. The molecular formula is C23H18ClF4N7O2. The molecule has 3 heterocycles. The number of aryl methyl sites for hydroxylation is 1. The van der Waals surface area contributed by atoms with Gasteiger partial charge in [-0.05, 0) is 37.3 Å². The van der Waals surface area contributed by atoms with E-state index in [0.717, 1.165) is 16.8 Å². The van der Waals surface area contributed by atoms with Gasteiger partial charge >= 0.3 is 6.18 Å². The Balaban J connectivity index is 1.89. The van der Waals surface area contributed by atoms with Gasteiger partial charge in [-0.15, -0.1) is 0 Å². The number of halogens is 5. The summed E-state index contributed by atoms with van der Waals surface area (Å²) in [5.41, 5.74) is -0.0162. The average Bonchev–Trinajstić information content (AvgIpc) is 3.27. The molecule has 0 saturated carbocycles. The van der Waals surface area contributed by atoms with E-state index in [-0.39, 0.29) is 39.5 Å². The third-order valence-corrected chi connectivity index (χ3v) is 5.44. The topological polar surface area (TPSA) is 107 Å². The Bertz CT molecular complexity index is 1490. The Morgan fingerprint density at radius 2 is 1.89 bits per heavy atom. The number of aromatic nitrogens is 5. The Kier molecular flexibility index (Phi) is 6.99. The highest BCUT2D eigenvalue weighted by Crippen LogP contribution is 2.33. The van der Waals surface area contributed by atoms with Gasteiger partial charge in [0.25, 0.3) is 5.91 Å². The van der Waals surface area contributed by atoms with Crippen LogP contribution >= 0.6 is 11.6 Å². The smallest absolute Gasteiger partial charge is 0.435 e. The summed E-state index contributed by atoms with van der Waals surface area (Å²) in [6.45, 7) is 1.43. The largest absolute Gasteiger partial charge is 0.480 e. The van der Waals surface area contributed by atoms with Crippen molar-refractivity contribution in [2.24, 2.45) is 0 Å². The van der Waals surface area contributed by atoms with Gasteiger partial charge in [0, 0.05) is 41.9 Å². The summed E-state index contributed by atoms with van der Waals surface area (Å²) in [7, 11) is 2.77. The minimum atomic E-state index is -4.69. The minimum absolute atomic E-state index is 0.0297. The van der Waals surface area contributed by atoms with E-state index >= 15 is 0 Å². The van der Waals surface area contributed by atoms with Crippen molar-refractivity contribution in [1.29, 1.82) is 0 Å². The molecule has 2 N–H and O–H groups in total. The first-order chi connectivity index (χ1) is 17.5. The second-order valence-electron chi connectivity index (χ2n) is 7.63. The molecule has 0 aliphatic rings. The van der Waals surface area contributed by atoms with E-state index in [1.807, 2.05) is 0 Å². The van der Waals surface area contributed by atoms with Crippen LogP contribution in [0.2, 0.25) is 5.02 Å². The zero-order chi connectivity index (χ0) is 26.9. The number of hydrogen-bond acceptors (Lipinski definition) is 7. The monoisotopic (exact) mass is 535 g/mol. The van der Waals surface area contributed by atoms with E-state index in [0.29, 0.717) is 11.3 Å². The number of benzene rings is 1. The third kappa shape index (κ3) is 5.31. The number of pyridine rings is 1. The van der Waals surface area contributed by atoms with Gasteiger partial charge in [-0.1, -0.05) is 11.6 Å². The van der Waals surface area contributed by atoms with Crippen LogP contribution in [0.3, 0.4) is 0 Å². The number of methoxy groups -OCH3 is 1. The van der Waals surface area contributed by atoms with Crippen LogP contribution < -0.4 is 15.4 Å². The fourth-order valence-electron chi connectivity index (χ4n) is 3.39. The zero-order valence-electron chi connectivity index (χ0n) is 19.5. The number of amides is 1. The summed E-state index contributed by atoms with van der Waals surface area (Å²) in [4.78, 5) is 25.1. The van der Waals surface area contributed by atoms with Crippen molar-refractivity contribution >= 4 is 29.1 Å². The molecule has 0 fully saturated rings. The normalized spacial score (nSPS) is 11.4. The zero-order valence-corrected chi connectivity index (χ0v) is 20.2. The quantitative estimate of drug-likeness (QED) is 0.336. The number of anilines is 2. The van der Waals surface area contributed by atoms with Crippen LogP contribution in [-0.2, 0) is 6.18 Å². The van der Waals surface area contributed by atoms with Crippen LogP contribution in [0.5, 0.6) is 5.88 Å². The van der Waals surface area contributed by atoms with Gasteiger partial charge in [0.15, 0.2) is 11.5 Å². The fraction of sp³-hybridized carbons (Fsp3) is 0.174. The number of carbonyl (C=O) groups excluding carboxylic acids is 1. The molecule has 0 aliphatic carbocycles. The van der Waals surface area contributed by atoms with Gasteiger partial charge < -0.3 is 15.4 Å². The first kappa shape index (κ1) is 25.8. The maximum atomic E-state index is 13.5. The summed E-state index contributed by atoms with van der Waals surface area (Å²) in [5, 5.41) is 8.86. The molecule has 0 atom stereocenters. The van der Waals surface area contributed by atoms with Gasteiger partial charge in [-0.3, -0.25) is 4.79 Å². The number of nitrogens with zero attached hydrogens (tertiary/aromatic N) is 5. The Hall–Kier alpha value is -4.26. The molecule has 37 heavy (non-hydrogen) atoms. The second-order valence-corrected chi connectivity index (χ2v) is 8.03. The molecule has 1 aromatic carbocycles. The van der Waals surface area contributed by atoms with Crippen molar-refractivity contribution in [1.82, 2.24) is 30.0 Å². The molecule has 14 heteroatoms. The fourth-order valence-corrected chi connectivity index (χ4v) is 3.57. The van der Waals surface area contributed by atoms with Crippen LogP contribution in [0.4, 0.5) is 29.2 Å². The maximum Gasteiger partial charge on any atom is 0.435 e. The maximum absolute atomic E-state index is 13.5. The molecule has 0 spiro atoms. The van der Waals surface area contributed by atoms with Gasteiger partial charge in [-0.25, -0.2) is 19.0 Å². The van der Waals surface area contributed by atoms with Crippen LogP contribution in [0.15, 0.2) is 42.7 Å². The summed E-state index contributed by atoms with van der Waals surface area (Å²) in [6, 6.07) is 6.15. The van der Waals surface area contributed by atoms with Crippen LogP contribution in [0.25, 0.3) is 16.9 Å². The number of nitrogens with one attached hydrogen (secondary N) is 2.